The van der Waals surface area contributed by atoms with Crippen LogP contribution < -0.4 is 4.72 Å². The molecule has 0 saturated carbocycles. The minimum atomic E-state index is -3.77. The molecular weight excluding hydrogens is 302 g/mol. The number of benzene rings is 1. The number of aliphatic hydroxyl groups excluding tert-OH is 1. The van der Waals surface area contributed by atoms with Crippen LogP contribution in [0.15, 0.2) is 39.6 Å². The second-order valence-corrected chi connectivity index (χ2v) is 6.40. The van der Waals surface area contributed by atoms with Gasteiger partial charge in [-0.25, -0.2) is 13.1 Å². The van der Waals surface area contributed by atoms with E-state index in [-0.39, 0.29) is 23.1 Å². The molecule has 0 unspecified atom stereocenters. The normalized spacial score (nSPS) is 11.8. The van der Waals surface area contributed by atoms with Crippen molar-refractivity contribution in [3.63, 3.8) is 0 Å². The summed E-state index contributed by atoms with van der Waals surface area (Å²) >= 11 is 5.90. The molecule has 0 aliphatic heterocycles. The van der Waals surface area contributed by atoms with Crippen LogP contribution in [0.4, 0.5) is 0 Å². The highest BCUT2D eigenvalue weighted by Gasteiger charge is 2.18. The highest BCUT2D eigenvalue weighted by molar-refractivity contribution is 7.89. The lowest BCUT2D eigenvalue weighted by atomic mass is 10.2. The molecule has 5 nitrogen and oxygen atoms in total. The van der Waals surface area contributed by atoms with Crippen LogP contribution in [0.25, 0.3) is 0 Å². The fourth-order valence-electron chi connectivity index (χ4n) is 1.68. The van der Waals surface area contributed by atoms with Crippen molar-refractivity contribution < 1.29 is 17.9 Å². The molecule has 0 fully saturated rings. The Bertz CT molecular complexity index is 709. The first kappa shape index (κ1) is 15.1. The van der Waals surface area contributed by atoms with Gasteiger partial charge in [0, 0.05) is 0 Å². The molecule has 108 valence electrons. The predicted octanol–water partition coefficient (Wildman–Crippen LogP) is 2.21. The minimum Gasteiger partial charge on any atom is -0.465 e. The number of furan rings is 1. The van der Waals surface area contributed by atoms with Crippen LogP contribution in [0.2, 0.25) is 5.02 Å². The molecular formula is C13H14ClNO4S. The summed E-state index contributed by atoms with van der Waals surface area (Å²) in [5.41, 5.74) is 0.476. The molecule has 2 rings (SSSR count). The number of sulfonamides is 1. The predicted molar refractivity (Wildman–Crippen MR) is 74.8 cm³/mol. The van der Waals surface area contributed by atoms with Crippen molar-refractivity contribution in [3.8, 4) is 0 Å². The molecule has 0 bridgehead atoms. The molecule has 0 radical (unpaired) electrons. The summed E-state index contributed by atoms with van der Waals surface area (Å²) in [7, 11) is -3.77. The van der Waals surface area contributed by atoms with E-state index < -0.39 is 10.0 Å². The number of hydrogen-bond acceptors (Lipinski definition) is 4. The number of hydrogen-bond donors (Lipinski definition) is 2. The van der Waals surface area contributed by atoms with E-state index in [9.17, 15) is 8.42 Å². The van der Waals surface area contributed by atoms with Crippen molar-refractivity contribution in [2.75, 3.05) is 0 Å². The van der Waals surface area contributed by atoms with Gasteiger partial charge in [0.05, 0.1) is 18.2 Å². The second-order valence-electron chi connectivity index (χ2n) is 4.26. The summed E-state index contributed by atoms with van der Waals surface area (Å²) in [5, 5.41) is 9.16. The fourth-order valence-corrected chi connectivity index (χ4v) is 3.22. The quantitative estimate of drug-likeness (QED) is 0.886. The third kappa shape index (κ3) is 3.40. The molecule has 1 heterocycles. The second kappa shape index (κ2) is 5.97. The number of aryl methyl sites for hydroxylation is 1. The Morgan fingerprint density at radius 3 is 2.65 bits per heavy atom. The summed E-state index contributed by atoms with van der Waals surface area (Å²) < 4.78 is 32.1. The molecule has 7 heteroatoms. The molecule has 0 aliphatic rings. The number of nitrogens with one attached hydrogen (secondary N) is 1. The monoisotopic (exact) mass is 315 g/mol. The van der Waals surface area contributed by atoms with Gasteiger partial charge in [-0.05, 0) is 36.8 Å². The van der Waals surface area contributed by atoms with Gasteiger partial charge in [0.25, 0.3) is 0 Å². The molecule has 2 N–H and O–H groups in total. The van der Waals surface area contributed by atoms with E-state index in [1.807, 2.05) is 0 Å². The standard InChI is InChI=1S/C13H14ClNO4S/c1-9-2-4-11(19-9)7-15-20(17,18)13-6-10(8-16)3-5-12(13)14/h2-6,15-16H,7-8H2,1H3. The van der Waals surface area contributed by atoms with Gasteiger partial charge in [-0.15, -0.1) is 0 Å². The zero-order valence-corrected chi connectivity index (χ0v) is 12.3. The summed E-state index contributed by atoms with van der Waals surface area (Å²) in [4.78, 5) is -0.0611. The molecule has 0 amide bonds. The van der Waals surface area contributed by atoms with Crippen LogP contribution in [0.3, 0.4) is 0 Å². The Balaban J connectivity index is 2.21. The Labute approximate surface area is 122 Å². The first-order valence-electron chi connectivity index (χ1n) is 5.86. The summed E-state index contributed by atoms with van der Waals surface area (Å²) in [6.45, 7) is 1.56. The van der Waals surface area contributed by atoms with Gasteiger partial charge in [0.1, 0.15) is 16.4 Å². The zero-order chi connectivity index (χ0) is 14.8. The van der Waals surface area contributed by atoms with E-state index >= 15 is 0 Å². The summed E-state index contributed by atoms with van der Waals surface area (Å²) in [6.07, 6.45) is 0. The van der Waals surface area contributed by atoms with Crippen LogP contribution in [-0.4, -0.2) is 13.5 Å². The minimum absolute atomic E-state index is 0.0376. The van der Waals surface area contributed by atoms with E-state index in [0.29, 0.717) is 17.1 Å². The first-order chi connectivity index (χ1) is 9.42. The topological polar surface area (TPSA) is 79.5 Å². The molecule has 0 atom stereocenters. The van der Waals surface area contributed by atoms with Gasteiger partial charge < -0.3 is 9.52 Å². The zero-order valence-electron chi connectivity index (χ0n) is 10.8. The van der Waals surface area contributed by atoms with Gasteiger partial charge in [-0.3, -0.25) is 0 Å². The van der Waals surface area contributed by atoms with Crippen LogP contribution in [0.1, 0.15) is 17.1 Å². The molecule has 0 aliphatic carbocycles. The van der Waals surface area contributed by atoms with E-state index in [2.05, 4.69) is 4.72 Å². The third-order valence-electron chi connectivity index (χ3n) is 2.70. The van der Waals surface area contributed by atoms with E-state index in [4.69, 9.17) is 21.1 Å². The van der Waals surface area contributed by atoms with E-state index in [0.717, 1.165) is 0 Å². The van der Waals surface area contributed by atoms with Crippen molar-refractivity contribution in [1.82, 2.24) is 4.72 Å². The molecule has 1 aromatic carbocycles. The lowest BCUT2D eigenvalue weighted by Crippen LogP contribution is -2.23. The lowest BCUT2D eigenvalue weighted by Gasteiger charge is -2.08. The molecule has 1 aromatic heterocycles. The molecule has 0 saturated heterocycles. The largest absolute Gasteiger partial charge is 0.465 e. The molecule has 0 spiro atoms. The maximum Gasteiger partial charge on any atom is 0.242 e. The van der Waals surface area contributed by atoms with Crippen molar-refractivity contribution in [3.05, 3.63) is 52.4 Å². The van der Waals surface area contributed by atoms with Crippen molar-refractivity contribution in [2.45, 2.75) is 25.0 Å². The van der Waals surface area contributed by atoms with Crippen LogP contribution >= 0.6 is 11.6 Å². The Morgan fingerprint density at radius 1 is 1.30 bits per heavy atom. The van der Waals surface area contributed by atoms with Gasteiger partial charge >= 0.3 is 0 Å². The summed E-state index contributed by atoms with van der Waals surface area (Å²) in [6, 6.07) is 7.81. The van der Waals surface area contributed by atoms with Gasteiger partial charge in [0.15, 0.2) is 0 Å². The van der Waals surface area contributed by atoms with Gasteiger partial charge in [-0.2, -0.15) is 0 Å². The molecule has 2 aromatic rings. The van der Waals surface area contributed by atoms with E-state index in [1.54, 1.807) is 25.1 Å². The lowest BCUT2D eigenvalue weighted by molar-refractivity contribution is 0.281. The van der Waals surface area contributed by atoms with E-state index in [1.165, 1.54) is 12.1 Å². The third-order valence-corrected chi connectivity index (χ3v) is 4.58. The van der Waals surface area contributed by atoms with Crippen LogP contribution in [0, 0.1) is 6.92 Å². The maximum atomic E-state index is 12.2. The summed E-state index contributed by atoms with van der Waals surface area (Å²) in [5.74, 6) is 1.22. The SMILES string of the molecule is Cc1ccc(CNS(=O)(=O)c2cc(CO)ccc2Cl)o1. The highest BCUT2D eigenvalue weighted by Crippen LogP contribution is 2.23. The average Bonchev–Trinajstić information content (AvgIpc) is 2.83. The number of rotatable bonds is 5. The van der Waals surface area contributed by atoms with Gasteiger partial charge in [0.2, 0.25) is 10.0 Å². The Morgan fingerprint density at radius 2 is 2.05 bits per heavy atom. The molecule has 20 heavy (non-hydrogen) atoms. The number of aliphatic hydroxyl groups is 1. The number of halogens is 1. The van der Waals surface area contributed by atoms with Crippen molar-refractivity contribution in [1.29, 1.82) is 0 Å². The first-order valence-corrected chi connectivity index (χ1v) is 7.73. The van der Waals surface area contributed by atoms with Crippen LogP contribution in [0.5, 0.6) is 0 Å². The van der Waals surface area contributed by atoms with Crippen molar-refractivity contribution in [2.24, 2.45) is 0 Å². The fraction of sp³-hybridized carbons (Fsp3) is 0.231. The smallest absolute Gasteiger partial charge is 0.242 e. The maximum absolute atomic E-state index is 12.2. The van der Waals surface area contributed by atoms with Crippen LogP contribution in [-0.2, 0) is 23.2 Å². The van der Waals surface area contributed by atoms with Crippen molar-refractivity contribution >= 4 is 21.6 Å². The average molecular weight is 316 g/mol. The highest BCUT2D eigenvalue weighted by atomic mass is 35.5. The van der Waals surface area contributed by atoms with Gasteiger partial charge in [-0.1, -0.05) is 17.7 Å². The Hall–Kier alpha value is -1.34. The Kier molecular flexibility index (Phi) is 4.49.